The molecule has 188 valence electrons. The third kappa shape index (κ3) is 5.73. The van der Waals surface area contributed by atoms with Crippen LogP contribution in [-0.4, -0.2) is 66.3 Å². The Kier molecular flexibility index (Phi) is 6.73. The molecule has 0 unspecified atom stereocenters. The number of sulfonamides is 1. The summed E-state index contributed by atoms with van der Waals surface area (Å²) in [4.78, 5) is 23.7. The van der Waals surface area contributed by atoms with Crippen LogP contribution >= 0.6 is 0 Å². The van der Waals surface area contributed by atoms with Gasteiger partial charge in [0.25, 0.3) is 5.91 Å². The van der Waals surface area contributed by atoms with E-state index in [1.165, 1.54) is 21.3 Å². The van der Waals surface area contributed by atoms with Gasteiger partial charge in [-0.15, -0.1) is 13.2 Å². The van der Waals surface area contributed by atoms with Gasteiger partial charge in [-0.2, -0.15) is 4.31 Å². The van der Waals surface area contributed by atoms with Crippen LogP contribution in [0.2, 0.25) is 0 Å². The first-order valence-electron chi connectivity index (χ1n) is 10.7. The van der Waals surface area contributed by atoms with Crippen molar-refractivity contribution in [3.05, 3.63) is 54.4 Å². The van der Waals surface area contributed by atoms with E-state index in [0.29, 0.717) is 6.54 Å². The highest BCUT2D eigenvalue weighted by molar-refractivity contribution is 7.89. The highest BCUT2D eigenvalue weighted by Crippen LogP contribution is 2.37. The zero-order valence-corrected chi connectivity index (χ0v) is 19.6. The Labute approximate surface area is 200 Å². The number of benzene rings is 1. The molecule has 9 nitrogen and oxygen atoms in total. The predicted octanol–water partition coefficient (Wildman–Crippen LogP) is 2.94. The van der Waals surface area contributed by atoms with Crippen molar-refractivity contribution in [3.63, 3.8) is 0 Å². The second kappa shape index (κ2) is 9.46. The first-order chi connectivity index (χ1) is 16.5. The van der Waals surface area contributed by atoms with Crippen molar-refractivity contribution in [2.24, 2.45) is 5.16 Å². The van der Waals surface area contributed by atoms with Crippen LogP contribution in [0.15, 0.2) is 58.8 Å². The molecule has 1 saturated heterocycles. The molecule has 1 fully saturated rings. The number of oxime groups is 1. The van der Waals surface area contributed by atoms with Gasteiger partial charge in [-0.1, -0.05) is 17.3 Å². The summed E-state index contributed by atoms with van der Waals surface area (Å²) in [5.41, 5.74) is 0.318. The zero-order valence-electron chi connectivity index (χ0n) is 18.7. The average molecular weight is 513 g/mol. The zero-order chi connectivity index (χ0) is 25.3. The number of ether oxygens (including phenoxy) is 1. The third-order valence-electron chi connectivity index (χ3n) is 5.89. The molecule has 0 aliphatic carbocycles. The minimum absolute atomic E-state index is 0.0647. The van der Waals surface area contributed by atoms with Crippen LogP contribution < -0.4 is 4.74 Å². The first-order valence-corrected chi connectivity index (χ1v) is 12.2. The number of nitrogens with zero attached hydrogens (tertiary/aromatic N) is 4. The van der Waals surface area contributed by atoms with E-state index < -0.39 is 27.7 Å². The molecule has 0 N–H and O–H groups in total. The second-order valence-electron chi connectivity index (χ2n) is 8.44. The van der Waals surface area contributed by atoms with Gasteiger partial charge in [-0.3, -0.25) is 9.78 Å². The highest BCUT2D eigenvalue weighted by Gasteiger charge is 2.46. The van der Waals surface area contributed by atoms with Crippen LogP contribution in [0.3, 0.4) is 0 Å². The van der Waals surface area contributed by atoms with Crippen LogP contribution in [0.25, 0.3) is 0 Å². The van der Waals surface area contributed by atoms with E-state index in [2.05, 4.69) is 14.9 Å². The number of amides is 1. The van der Waals surface area contributed by atoms with E-state index in [-0.39, 0.29) is 48.9 Å². The van der Waals surface area contributed by atoms with Gasteiger partial charge < -0.3 is 14.5 Å². The number of carbonyl (C=O) groups excluding carboxylic acids is 1. The molecule has 2 aromatic rings. The summed E-state index contributed by atoms with van der Waals surface area (Å²) in [5.74, 6) is -0.902. The van der Waals surface area contributed by atoms with Crippen LogP contribution in [0.1, 0.15) is 24.8 Å². The third-order valence-corrected chi connectivity index (χ3v) is 7.78. The fourth-order valence-electron chi connectivity index (χ4n) is 4.08. The molecule has 1 aromatic carbocycles. The summed E-state index contributed by atoms with van der Waals surface area (Å²) in [6.45, 7) is 0.478. The number of aromatic nitrogens is 1. The molecule has 13 heteroatoms. The van der Waals surface area contributed by atoms with Crippen molar-refractivity contribution in [2.45, 2.75) is 42.7 Å². The van der Waals surface area contributed by atoms with Crippen LogP contribution in [0, 0.1) is 0 Å². The highest BCUT2D eigenvalue weighted by atomic mass is 32.2. The number of piperidine rings is 1. The molecule has 2 aliphatic heterocycles. The molecule has 4 rings (SSSR count). The standard InChI is InChI=1S/C22H23F3N4O5S/c1-28(15-16-4-3-9-26-14-16)20(30)19-13-21(34-27-19)7-10-29(11-8-21)35(31,32)18-6-2-5-17(12-18)33-22(23,24)25/h2-6,9,12,14H,7-8,10-11,13,15H2,1H3. The van der Waals surface area contributed by atoms with Crippen molar-refractivity contribution < 1.29 is 36.0 Å². The van der Waals surface area contributed by atoms with E-state index in [1.54, 1.807) is 25.5 Å². The fourth-order valence-corrected chi connectivity index (χ4v) is 5.55. The first kappa shape index (κ1) is 24.9. The van der Waals surface area contributed by atoms with E-state index in [1.807, 2.05) is 6.07 Å². The van der Waals surface area contributed by atoms with Gasteiger partial charge in [0.2, 0.25) is 10.0 Å². The molecular formula is C22H23F3N4O5S. The van der Waals surface area contributed by atoms with E-state index >= 15 is 0 Å². The predicted molar refractivity (Wildman–Crippen MR) is 118 cm³/mol. The Balaban J connectivity index is 1.36. The van der Waals surface area contributed by atoms with Gasteiger partial charge >= 0.3 is 6.36 Å². The number of carbonyl (C=O) groups is 1. The summed E-state index contributed by atoms with van der Waals surface area (Å²) in [7, 11) is -2.40. The quantitative estimate of drug-likeness (QED) is 0.590. The Morgan fingerprint density at radius 3 is 2.63 bits per heavy atom. The lowest BCUT2D eigenvalue weighted by molar-refractivity contribution is -0.274. The number of hydrogen-bond acceptors (Lipinski definition) is 7. The Morgan fingerprint density at radius 2 is 1.97 bits per heavy atom. The molecule has 2 aliphatic rings. The maximum absolute atomic E-state index is 13.0. The monoisotopic (exact) mass is 512 g/mol. The summed E-state index contributed by atoms with van der Waals surface area (Å²) < 4.78 is 68.5. The summed E-state index contributed by atoms with van der Waals surface area (Å²) in [6.07, 6.45) is -0.828. The lowest BCUT2D eigenvalue weighted by Gasteiger charge is -2.36. The van der Waals surface area contributed by atoms with Crippen LogP contribution in [-0.2, 0) is 26.2 Å². The average Bonchev–Trinajstić information content (AvgIpc) is 3.22. The van der Waals surface area contributed by atoms with Crippen molar-refractivity contribution in [1.29, 1.82) is 0 Å². The summed E-state index contributed by atoms with van der Waals surface area (Å²) in [6, 6.07) is 7.91. The molecule has 0 saturated carbocycles. The molecule has 0 atom stereocenters. The lowest BCUT2D eigenvalue weighted by atomic mass is 9.87. The number of halogens is 3. The summed E-state index contributed by atoms with van der Waals surface area (Å²) >= 11 is 0. The van der Waals surface area contributed by atoms with Gasteiger partial charge in [0, 0.05) is 64.4 Å². The largest absolute Gasteiger partial charge is 0.573 e. The fraction of sp³-hybridized carbons (Fsp3) is 0.409. The van der Waals surface area contributed by atoms with Crippen molar-refractivity contribution in [2.75, 3.05) is 20.1 Å². The van der Waals surface area contributed by atoms with Crippen LogP contribution in [0.4, 0.5) is 13.2 Å². The van der Waals surface area contributed by atoms with Gasteiger partial charge in [-0.05, 0) is 23.8 Å². The second-order valence-corrected chi connectivity index (χ2v) is 10.4. The SMILES string of the molecule is CN(Cc1cccnc1)C(=O)C1=NOC2(CCN(S(=O)(=O)c3cccc(OC(F)(F)F)c3)CC2)C1. The van der Waals surface area contributed by atoms with Crippen molar-refractivity contribution >= 4 is 21.6 Å². The Bertz CT molecular complexity index is 1210. The van der Waals surface area contributed by atoms with Gasteiger partial charge in [0.15, 0.2) is 0 Å². The minimum Gasteiger partial charge on any atom is -0.406 e. The van der Waals surface area contributed by atoms with E-state index in [0.717, 1.165) is 17.7 Å². The van der Waals surface area contributed by atoms with Gasteiger partial charge in [0.1, 0.15) is 17.1 Å². The van der Waals surface area contributed by atoms with Crippen molar-refractivity contribution in [1.82, 2.24) is 14.2 Å². The number of alkyl halides is 3. The smallest absolute Gasteiger partial charge is 0.406 e. The molecule has 1 spiro atoms. The molecule has 0 radical (unpaired) electrons. The Morgan fingerprint density at radius 1 is 1.23 bits per heavy atom. The van der Waals surface area contributed by atoms with E-state index in [4.69, 9.17) is 4.84 Å². The number of pyridine rings is 1. The molecule has 1 aromatic heterocycles. The topological polar surface area (TPSA) is 101 Å². The molecule has 3 heterocycles. The molecule has 1 amide bonds. The molecular weight excluding hydrogens is 489 g/mol. The lowest BCUT2D eigenvalue weighted by Crippen LogP contribution is -2.47. The van der Waals surface area contributed by atoms with Gasteiger partial charge in [-0.25, -0.2) is 8.42 Å². The van der Waals surface area contributed by atoms with Gasteiger partial charge in [0.05, 0.1) is 4.90 Å². The molecule has 0 bridgehead atoms. The van der Waals surface area contributed by atoms with Crippen LogP contribution in [0.5, 0.6) is 5.75 Å². The maximum atomic E-state index is 13.0. The number of rotatable bonds is 6. The summed E-state index contributed by atoms with van der Waals surface area (Å²) in [5, 5.41) is 3.99. The normalized spacial score (nSPS) is 18.1. The minimum atomic E-state index is -4.93. The molecule has 35 heavy (non-hydrogen) atoms. The van der Waals surface area contributed by atoms with E-state index in [9.17, 15) is 26.4 Å². The number of hydrogen-bond donors (Lipinski definition) is 0. The maximum Gasteiger partial charge on any atom is 0.573 e. The van der Waals surface area contributed by atoms with Crippen molar-refractivity contribution in [3.8, 4) is 5.75 Å². The Hall–Kier alpha value is -3.19.